The zero-order valence-electron chi connectivity index (χ0n) is 26.1. The lowest BCUT2D eigenvalue weighted by Gasteiger charge is -2.13. The van der Waals surface area contributed by atoms with Gasteiger partial charge < -0.3 is 0 Å². The number of nitriles is 1. The fourth-order valence-corrected chi connectivity index (χ4v) is 6.27. The van der Waals surface area contributed by atoms with Crippen molar-refractivity contribution in [1.82, 2.24) is 9.97 Å². The first-order chi connectivity index (χ1) is 23.7. The Morgan fingerprint density at radius 2 is 0.750 bits per heavy atom. The molecule has 1 aromatic heterocycles. The number of hydrogen-bond donors (Lipinski definition) is 0. The van der Waals surface area contributed by atoms with Crippen molar-refractivity contribution in [2.75, 3.05) is 0 Å². The van der Waals surface area contributed by atoms with Gasteiger partial charge in [-0.25, -0.2) is 9.97 Å². The zero-order valence-corrected chi connectivity index (χ0v) is 26.1. The maximum atomic E-state index is 9.25. The van der Waals surface area contributed by atoms with E-state index in [2.05, 4.69) is 133 Å². The predicted octanol–water partition coefficient (Wildman–Crippen LogP) is 11.5. The van der Waals surface area contributed by atoms with Crippen LogP contribution in [-0.2, 0) is 0 Å². The lowest BCUT2D eigenvalue weighted by molar-refractivity contribution is 1.18. The van der Waals surface area contributed by atoms with Crippen molar-refractivity contribution in [2.24, 2.45) is 0 Å². The Morgan fingerprint density at radius 3 is 1.25 bits per heavy atom. The third-order valence-electron chi connectivity index (χ3n) is 8.79. The Labute approximate surface area is 280 Å². The minimum absolute atomic E-state index is 0.660. The van der Waals surface area contributed by atoms with Crippen LogP contribution in [0.1, 0.15) is 5.56 Å². The Morgan fingerprint density at radius 1 is 0.354 bits per heavy atom. The highest BCUT2D eigenvalue weighted by molar-refractivity contribution is 6.05. The zero-order chi connectivity index (χ0) is 32.3. The van der Waals surface area contributed by atoms with E-state index in [0.717, 1.165) is 44.8 Å². The first-order valence-electron chi connectivity index (χ1n) is 16.0. The van der Waals surface area contributed by atoms with Gasteiger partial charge >= 0.3 is 0 Å². The number of rotatable bonds is 6. The highest BCUT2D eigenvalue weighted by Gasteiger charge is 2.13. The molecule has 0 radical (unpaired) electrons. The highest BCUT2D eigenvalue weighted by Crippen LogP contribution is 2.37. The average molecular weight is 612 g/mol. The minimum Gasteiger partial charge on any atom is -0.228 e. The molecular weight excluding hydrogens is 583 g/mol. The summed E-state index contributed by atoms with van der Waals surface area (Å²) in [6.45, 7) is 0. The van der Waals surface area contributed by atoms with Crippen molar-refractivity contribution in [1.29, 1.82) is 5.26 Å². The molecule has 0 atom stereocenters. The molecule has 3 nitrogen and oxygen atoms in total. The van der Waals surface area contributed by atoms with Crippen LogP contribution in [-0.4, -0.2) is 9.97 Å². The van der Waals surface area contributed by atoms with Crippen LogP contribution in [0.25, 0.3) is 78.1 Å². The lowest BCUT2D eigenvalue weighted by Crippen LogP contribution is -1.96. The second-order valence-corrected chi connectivity index (χ2v) is 11.7. The van der Waals surface area contributed by atoms with Crippen molar-refractivity contribution >= 4 is 10.8 Å². The third kappa shape index (κ3) is 5.64. The number of benzene rings is 7. The van der Waals surface area contributed by atoms with Gasteiger partial charge in [0.1, 0.15) is 0 Å². The van der Waals surface area contributed by atoms with Crippen molar-refractivity contribution in [2.45, 2.75) is 0 Å². The van der Waals surface area contributed by atoms with Gasteiger partial charge in [-0.05, 0) is 62.4 Å². The maximum Gasteiger partial charge on any atom is 0.160 e. The van der Waals surface area contributed by atoms with Crippen LogP contribution >= 0.6 is 0 Å². The number of aromatic nitrogens is 2. The SMILES string of the molecule is N#Cc1ccc(-c2ccc(-c3ccc(-c4cc(-c5ccc(-c6ccccc6)cc5)nc(-c5ccccc5)n4)cc3)c3ccccc23)cc1. The van der Waals surface area contributed by atoms with Gasteiger partial charge in [-0.15, -0.1) is 0 Å². The summed E-state index contributed by atoms with van der Waals surface area (Å²) >= 11 is 0. The van der Waals surface area contributed by atoms with Crippen molar-refractivity contribution in [3.05, 3.63) is 181 Å². The second kappa shape index (κ2) is 12.6. The normalized spacial score (nSPS) is 10.9. The minimum atomic E-state index is 0.660. The molecule has 8 aromatic rings. The van der Waals surface area contributed by atoms with Gasteiger partial charge in [-0.3, -0.25) is 0 Å². The highest BCUT2D eigenvalue weighted by atomic mass is 14.9. The van der Waals surface area contributed by atoms with E-state index in [4.69, 9.17) is 9.97 Å². The standard InChI is InChI=1S/C45H29N3/c46-30-31-15-17-34(18-16-31)39-27-28-40(42-14-8-7-13-41(39)42)35-21-25-37(26-22-35)44-29-43(47-45(48-44)38-11-5-2-6-12-38)36-23-19-33(20-24-36)32-9-3-1-4-10-32/h1-29H. The Kier molecular flexibility index (Phi) is 7.59. The first kappa shape index (κ1) is 28.8. The summed E-state index contributed by atoms with van der Waals surface area (Å²) < 4.78 is 0. The molecule has 3 heteroatoms. The van der Waals surface area contributed by atoms with Gasteiger partial charge in [0, 0.05) is 16.7 Å². The van der Waals surface area contributed by atoms with E-state index in [-0.39, 0.29) is 0 Å². The molecule has 0 aliphatic rings. The van der Waals surface area contributed by atoms with Gasteiger partial charge in [0.25, 0.3) is 0 Å². The Hall–Kier alpha value is -6.63. The van der Waals surface area contributed by atoms with Crippen LogP contribution in [0, 0.1) is 11.3 Å². The van der Waals surface area contributed by atoms with Gasteiger partial charge in [-0.2, -0.15) is 5.26 Å². The molecule has 0 saturated heterocycles. The average Bonchev–Trinajstić information content (AvgIpc) is 3.18. The largest absolute Gasteiger partial charge is 0.228 e. The van der Waals surface area contributed by atoms with Gasteiger partial charge in [-0.1, -0.05) is 158 Å². The van der Waals surface area contributed by atoms with E-state index in [9.17, 15) is 5.26 Å². The smallest absolute Gasteiger partial charge is 0.160 e. The quantitative estimate of drug-likeness (QED) is 0.188. The molecule has 0 bridgehead atoms. The predicted molar refractivity (Wildman–Crippen MR) is 197 cm³/mol. The second-order valence-electron chi connectivity index (χ2n) is 11.7. The fourth-order valence-electron chi connectivity index (χ4n) is 6.27. The Bertz CT molecular complexity index is 2410. The molecule has 224 valence electrons. The molecule has 48 heavy (non-hydrogen) atoms. The molecule has 0 aliphatic heterocycles. The molecule has 7 aromatic carbocycles. The van der Waals surface area contributed by atoms with Crippen LogP contribution < -0.4 is 0 Å². The lowest BCUT2D eigenvalue weighted by atomic mass is 9.91. The van der Waals surface area contributed by atoms with E-state index >= 15 is 0 Å². The topological polar surface area (TPSA) is 49.6 Å². The van der Waals surface area contributed by atoms with Crippen LogP contribution in [0.15, 0.2) is 176 Å². The number of hydrogen-bond acceptors (Lipinski definition) is 3. The Balaban J connectivity index is 1.17. The first-order valence-corrected chi connectivity index (χ1v) is 16.0. The molecule has 0 unspecified atom stereocenters. The van der Waals surface area contributed by atoms with Crippen molar-refractivity contribution < 1.29 is 0 Å². The molecule has 0 saturated carbocycles. The van der Waals surface area contributed by atoms with Crippen LogP contribution in [0.5, 0.6) is 0 Å². The summed E-state index contributed by atoms with van der Waals surface area (Å²) in [4.78, 5) is 10.1. The maximum absolute atomic E-state index is 9.25. The summed E-state index contributed by atoms with van der Waals surface area (Å²) in [5, 5.41) is 11.6. The molecule has 0 spiro atoms. The molecule has 0 aliphatic carbocycles. The van der Waals surface area contributed by atoms with E-state index in [1.165, 1.54) is 27.5 Å². The molecule has 0 amide bonds. The monoisotopic (exact) mass is 611 g/mol. The molecule has 1 heterocycles. The summed E-state index contributed by atoms with van der Waals surface area (Å²) in [6, 6.07) is 62.8. The van der Waals surface area contributed by atoms with Crippen molar-refractivity contribution in [3.8, 4) is 73.4 Å². The molecule has 0 N–H and O–H groups in total. The van der Waals surface area contributed by atoms with E-state index in [0.29, 0.717) is 11.4 Å². The summed E-state index contributed by atoms with van der Waals surface area (Å²) in [5.74, 6) is 0.698. The number of fused-ring (bicyclic) bond motifs is 1. The van der Waals surface area contributed by atoms with Crippen LogP contribution in [0.3, 0.4) is 0 Å². The van der Waals surface area contributed by atoms with Crippen LogP contribution in [0.4, 0.5) is 0 Å². The molecule has 0 fully saturated rings. The van der Waals surface area contributed by atoms with E-state index in [1.807, 2.05) is 48.5 Å². The summed E-state index contributed by atoms with van der Waals surface area (Å²) in [5.41, 5.74) is 12.4. The van der Waals surface area contributed by atoms with E-state index in [1.54, 1.807) is 0 Å². The third-order valence-corrected chi connectivity index (χ3v) is 8.79. The van der Waals surface area contributed by atoms with Gasteiger partial charge in [0.05, 0.1) is 23.0 Å². The van der Waals surface area contributed by atoms with Gasteiger partial charge in [0.15, 0.2) is 5.82 Å². The fraction of sp³-hybridized carbons (Fsp3) is 0. The summed E-state index contributed by atoms with van der Waals surface area (Å²) in [7, 11) is 0. The number of nitrogens with zero attached hydrogens (tertiary/aromatic N) is 3. The molecular formula is C45H29N3. The molecule has 8 rings (SSSR count). The van der Waals surface area contributed by atoms with E-state index < -0.39 is 0 Å². The van der Waals surface area contributed by atoms with Crippen LogP contribution in [0.2, 0.25) is 0 Å². The van der Waals surface area contributed by atoms with Gasteiger partial charge in [0.2, 0.25) is 0 Å². The summed E-state index contributed by atoms with van der Waals surface area (Å²) in [6.07, 6.45) is 0. The van der Waals surface area contributed by atoms with Crippen molar-refractivity contribution in [3.63, 3.8) is 0 Å².